The van der Waals surface area contributed by atoms with Gasteiger partial charge in [0.15, 0.2) is 11.6 Å². The second-order valence-corrected chi connectivity index (χ2v) is 12.2. The Bertz CT molecular complexity index is 1410. The Morgan fingerprint density at radius 3 is 2.87 bits per heavy atom. The molecule has 1 saturated carbocycles. The molecule has 0 spiro atoms. The summed E-state index contributed by atoms with van der Waals surface area (Å²) in [5.41, 5.74) is 3.70. The highest BCUT2D eigenvalue weighted by atomic mass is 19.1. The van der Waals surface area contributed by atoms with Crippen LogP contribution in [-0.2, 0) is 9.53 Å². The van der Waals surface area contributed by atoms with E-state index in [9.17, 15) is 9.18 Å². The number of halogens is 1. The first kappa shape index (κ1) is 24.9. The molecule has 4 fully saturated rings. The molecular weight excluding hydrogens is 495 g/mol. The molecule has 7 rings (SSSR count). The van der Waals surface area contributed by atoms with Crippen LogP contribution in [0.1, 0.15) is 38.3 Å². The van der Waals surface area contributed by atoms with E-state index in [0.717, 1.165) is 80.0 Å². The molecule has 2 aliphatic carbocycles. The molecular formula is C31H37FN4O3. The lowest BCUT2D eigenvalue weighted by Gasteiger charge is -2.30. The quantitative estimate of drug-likeness (QED) is 0.617. The summed E-state index contributed by atoms with van der Waals surface area (Å²) >= 11 is 0. The number of aromatic nitrogens is 1. The molecule has 206 valence electrons. The fraction of sp³-hybridized carbons (Fsp3) is 0.548. The second kappa shape index (κ2) is 9.22. The first-order chi connectivity index (χ1) is 18.8. The summed E-state index contributed by atoms with van der Waals surface area (Å²) in [4.78, 5) is 22.0. The van der Waals surface area contributed by atoms with Gasteiger partial charge in [0.1, 0.15) is 5.60 Å². The van der Waals surface area contributed by atoms with Gasteiger partial charge in [0.25, 0.3) is 0 Å². The molecule has 3 aliphatic heterocycles. The Kier molecular flexibility index (Phi) is 5.88. The molecule has 4 heterocycles. The van der Waals surface area contributed by atoms with Crippen LogP contribution >= 0.6 is 0 Å². The highest BCUT2D eigenvalue weighted by Gasteiger charge is 2.58. The van der Waals surface area contributed by atoms with E-state index >= 15 is 0 Å². The lowest BCUT2D eigenvalue weighted by atomic mass is 9.88. The molecule has 5 aliphatic rings. The Hall–Kier alpha value is -3.13. The number of anilines is 1. The van der Waals surface area contributed by atoms with Gasteiger partial charge in [-0.25, -0.2) is 9.37 Å². The molecule has 39 heavy (non-hydrogen) atoms. The number of piperidine rings is 2. The number of ether oxygens (including phenoxy) is 2. The summed E-state index contributed by atoms with van der Waals surface area (Å²) in [5.74, 6) is 2.25. The van der Waals surface area contributed by atoms with Crippen molar-refractivity contribution in [2.75, 3.05) is 51.8 Å². The number of hydrogen-bond acceptors (Lipinski definition) is 6. The van der Waals surface area contributed by atoms with Gasteiger partial charge < -0.3 is 24.6 Å². The first-order valence-corrected chi connectivity index (χ1v) is 14.3. The number of methoxy groups -OCH3 is 1. The van der Waals surface area contributed by atoms with Crippen LogP contribution in [0.3, 0.4) is 0 Å². The number of likely N-dealkylation sites (tertiary alicyclic amines) is 1. The lowest BCUT2D eigenvalue weighted by Crippen LogP contribution is -2.42. The van der Waals surface area contributed by atoms with Crippen molar-refractivity contribution in [3.05, 3.63) is 47.6 Å². The van der Waals surface area contributed by atoms with Crippen LogP contribution in [0.4, 0.5) is 10.1 Å². The minimum Gasteiger partial charge on any atom is -0.494 e. The highest BCUT2D eigenvalue weighted by molar-refractivity contribution is 5.95. The summed E-state index contributed by atoms with van der Waals surface area (Å²) in [6.45, 7) is 6.53. The predicted octanol–water partition coefficient (Wildman–Crippen LogP) is 4.37. The number of carbonyl (C=O) groups is 1. The second-order valence-electron chi connectivity index (χ2n) is 12.2. The fourth-order valence-corrected chi connectivity index (χ4v) is 7.26. The van der Waals surface area contributed by atoms with E-state index in [-0.39, 0.29) is 29.1 Å². The zero-order chi connectivity index (χ0) is 26.9. The molecule has 1 aromatic heterocycles. The number of nitrogens with one attached hydrogen (secondary N) is 1. The SMILES string of the molecule is COc1cc2nc(C3=CC=C(O[C@]45CCNC[C@H]4C5)C(C)C3)cc(N3CC4CCN(C)C(=O)C4C3)c2cc1F. The maximum absolute atomic E-state index is 14.9. The number of pyridine rings is 1. The Morgan fingerprint density at radius 1 is 1.21 bits per heavy atom. The number of nitrogens with zero attached hydrogens (tertiary/aromatic N) is 3. The van der Waals surface area contributed by atoms with Crippen molar-refractivity contribution in [1.82, 2.24) is 15.2 Å². The number of amides is 1. The largest absolute Gasteiger partial charge is 0.494 e. The van der Waals surface area contributed by atoms with Gasteiger partial charge in [-0.15, -0.1) is 0 Å². The Morgan fingerprint density at radius 2 is 2.08 bits per heavy atom. The molecule has 8 heteroatoms. The monoisotopic (exact) mass is 532 g/mol. The van der Waals surface area contributed by atoms with Crippen LogP contribution < -0.4 is 15.0 Å². The van der Waals surface area contributed by atoms with Crippen molar-refractivity contribution >= 4 is 28.1 Å². The van der Waals surface area contributed by atoms with Crippen LogP contribution in [0.15, 0.2) is 36.1 Å². The van der Waals surface area contributed by atoms with E-state index in [0.29, 0.717) is 23.9 Å². The maximum atomic E-state index is 14.9. The number of benzene rings is 1. The molecule has 1 amide bonds. The van der Waals surface area contributed by atoms with E-state index < -0.39 is 5.82 Å². The molecule has 3 saturated heterocycles. The summed E-state index contributed by atoms with van der Waals surface area (Å²) in [5, 5.41) is 4.23. The van der Waals surface area contributed by atoms with Crippen molar-refractivity contribution < 1.29 is 18.7 Å². The average molecular weight is 533 g/mol. The zero-order valence-electron chi connectivity index (χ0n) is 23.0. The number of hydrogen-bond donors (Lipinski definition) is 1. The number of allylic oxidation sites excluding steroid dienone is 4. The minimum atomic E-state index is -0.404. The Balaban J connectivity index is 1.25. The van der Waals surface area contributed by atoms with Gasteiger partial charge in [-0.1, -0.05) is 13.0 Å². The van der Waals surface area contributed by atoms with Crippen LogP contribution in [0.2, 0.25) is 0 Å². The first-order valence-electron chi connectivity index (χ1n) is 14.3. The maximum Gasteiger partial charge on any atom is 0.227 e. The summed E-state index contributed by atoms with van der Waals surface area (Å²) in [6.07, 6.45) is 8.32. The highest BCUT2D eigenvalue weighted by Crippen LogP contribution is 2.53. The third-order valence-electron chi connectivity index (χ3n) is 9.77. The van der Waals surface area contributed by atoms with Gasteiger partial charge in [-0.3, -0.25) is 4.79 Å². The third kappa shape index (κ3) is 4.19. The number of carbonyl (C=O) groups excluding carboxylic acids is 1. The molecule has 7 nitrogen and oxygen atoms in total. The topological polar surface area (TPSA) is 66.9 Å². The van der Waals surface area contributed by atoms with Gasteiger partial charge in [0.05, 0.1) is 30.0 Å². The zero-order valence-corrected chi connectivity index (χ0v) is 23.0. The molecule has 5 atom stereocenters. The molecule has 3 unspecified atom stereocenters. The van der Waals surface area contributed by atoms with Crippen molar-refractivity contribution in [2.24, 2.45) is 23.7 Å². The van der Waals surface area contributed by atoms with E-state index in [4.69, 9.17) is 14.5 Å². The van der Waals surface area contributed by atoms with Crippen LogP contribution in [-0.4, -0.2) is 68.3 Å². The van der Waals surface area contributed by atoms with Crippen LogP contribution in [0.25, 0.3) is 16.5 Å². The van der Waals surface area contributed by atoms with E-state index in [2.05, 4.69) is 35.4 Å². The van der Waals surface area contributed by atoms with Gasteiger partial charge in [-0.05, 0) is 61.9 Å². The smallest absolute Gasteiger partial charge is 0.227 e. The summed E-state index contributed by atoms with van der Waals surface area (Å²) < 4.78 is 26.8. The normalized spacial score (nSPS) is 31.9. The van der Waals surface area contributed by atoms with Crippen molar-refractivity contribution in [3.8, 4) is 5.75 Å². The number of fused-ring (bicyclic) bond motifs is 3. The number of rotatable bonds is 5. The molecule has 2 aromatic rings. The fourth-order valence-electron chi connectivity index (χ4n) is 7.26. The van der Waals surface area contributed by atoms with E-state index in [1.54, 1.807) is 6.07 Å². The van der Waals surface area contributed by atoms with Crippen molar-refractivity contribution in [2.45, 2.75) is 38.2 Å². The molecule has 1 aromatic carbocycles. The standard InChI is InChI=1S/C31H37FN4O3/c1-18-10-19(4-5-28(18)39-31-7-8-33-15-21(31)14-31)25-12-27(22-11-24(32)29(38-3)13-26(22)34-25)36-16-20-6-9-35(2)30(37)23(20)17-36/h4-5,11-13,18,20-21,23,33H,6-10,14-17H2,1-3H3/t18?,20?,21-,23?,31+/m1/s1. The van der Waals surface area contributed by atoms with Crippen molar-refractivity contribution in [3.63, 3.8) is 0 Å². The van der Waals surface area contributed by atoms with Crippen LogP contribution in [0.5, 0.6) is 5.75 Å². The van der Waals surface area contributed by atoms with Gasteiger partial charge in [0, 0.05) is 62.2 Å². The van der Waals surface area contributed by atoms with Gasteiger partial charge in [-0.2, -0.15) is 0 Å². The predicted molar refractivity (Wildman–Crippen MR) is 149 cm³/mol. The summed E-state index contributed by atoms with van der Waals surface area (Å²) in [7, 11) is 3.37. The van der Waals surface area contributed by atoms with E-state index in [1.807, 2.05) is 11.9 Å². The minimum absolute atomic E-state index is 0.0179. The third-order valence-corrected chi connectivity index (χ3v) is 9.77. The molecule has 0 radical (unpaired) electrons. The van der Waals surface area contributed by atoms with Gasteiger partial charge >= 0.3 is 0 Å². The molecule has 1 N–H and O–H groups in total. The van der Waals surface area contributed by atoms with Crippen LogP contribution in [0, 0.1) is 29.5 Å². The molecule has 0 bridgehead atoms. The lowest BCUT2D eigenvalue weighted by molar-refractivity contribution is -0.137. The van der Waals surface area contributed by atoms with Crippen molar-refractivity contribution in [1.29, 1.82) is 0 Å². The average Bonchev–Trinajstić information content (AvgIpc) is 3.50. The Labute approximate surface area is 229 Å². The summed E-state index contributed by atoms with van der Waals surface area (Å²) in [6, 6.07) is 5.32. The van der Waals surface area contributed by atoms with Gasteiger partial charge in [0.2, 0.25) is 5.91 Å². The van der Waals surface area contributed by atoms with E-state index in [1.165, 1.54) is 13.2 Å².